The predicted molar refractivity (Wildman–Crippen MR) is 121 cm³/mol. The number of benzene rings is 2. The number of carbonyl (C=O) groups excluding carboxylic acids is 1. The molecule has 2 heterocycles. The fraction of sp³-hybridized carbons (Fsp3) is 0.200. The number of pyridine rings is 1. The van der Waals surface area contributed by atoms with E-state index in [1.165, 1.54) is 19.2 Å². The average Bonchev–Trinajstić information content (AvgIpc) is 3.21. The van der Waals surface area contributed by atoms with E-state index in [9.17, 15) is 9.18 Å². The predicted octanol–water partition coefficient (Wildman–Crippen LogP) is 4.73. The van der Waals surface area contributed by atoms with E-state index in [2.05, 4.69) is 14.9 Å². The summed E-state index contributed by atoms with van der Waals surface area (Å²) in [5.41, 5.74) is 3.07. The molecular weight excluding hydrogens is 409 g/mol. The van der Waals surface area contributed by atoms with Crippen LogP contribution in [0.4, 0.5) is 4.39 Å². The molecule has 0 aliphatic carbocycles. The molecule has 0 unspecified atom stereocenters. The van der Waals surface area contributed by atoms with Gasteiger partial charge in [-0.3, -0.25) is 9.78 Å². The maximum atomic E-state index is 13.6. The second-order valence-electron chi connectivity index (χ2n) is 7.29. The Hall–Kier alpha value is -3.87. The van der Waals surface area contributed by atoms with E-state index in [-0.39, 0.29) is 11.7 Å². The van der Waals surface area contributed by atoms with Crippen molar-refractivity contribution in [2.45, 2.75) is 19.5 Å². The van der Waals surface area contributed by atoms with Gasteiger partial charge in [0, 0.05) is 35.5 Å². The van der Waals surface area contributed by atoms with Gasteiger partial charge >= 0.3 is 0 Å². The van der Waals surface area contributed by atoms with Crippen molar-refractivity contribution in [2.24, 2.45) is 0 Å². The molecular formula is C25H24FN3O3. The minimum absolute atomic E-state index is 0.285. The summed E-state index contributed by atoms with van der Waals surface area (Å²) in [6.07, 6.45) is 5.54. The minimum atomic E-state index is -0.492. The maximum Gasteiger partial charge on any atom is 0.252 e. The fourth-order valence-electron chi connectivity index (χ4n) is 3.85. The van der Waals surface area contributed by atoms with Crippen LogP contribution in [0.2, 0.25) is 0 Å². The number of methoxy groups -OCH3 is 2. The van der Waals surface area contributed by atoms with Gasteiger partial charge in [0.2, 0.25) is 0 Å². The second-order valence-corrected chi connectivity index (χ2v) is 7.29. The van der Waals surface area contributed by atoms with Crippen LogP contribution in [0, 0.1) is 5.82 Å². The zero-order valence-electron chi connectivity index (χ0n) is 18.1. The number of aryl methyl sites for hydroxylation is 1. The summed E-state index contributed by atoms with van der Waals surface area (Å²) in [5.74, 6) is 0.385. The molecule has 2 aromatic heterocycles. The van der Waals surface area contributed by atoms with E-state index in [4.69, 9.17) is 9.47 Å². The SMILES string of the molecule is CCn1cc([C@H](NC(=O)c2ccc(OC)c(OC)c2)c2ccc(F)cc2)c2ccncc21. The molecule has 7 heteroatoms. The van der Waals surface area contributed by atoms with Crippen molar-refractivity contribution in [3.05, 3.63) is 89.6 Å². The van der Waals surface area contributed by atoms with E-state index in [1.54, 1.807) is 49.8 Å². The van der Waals surface area contributed by atoms with Gasteiger partial charge in [-0.05, 0) is 48.9 Å². The molecule has 0 saturated heterocycles. The highest BCUT2D eigenvalue weighted by molar-refractivity contribution is 5.96. The maximum absolute atomic E-state index is 13.6. The molecule has 0 radical (unpaired) electrons. The van der Waals surface area contributed by atoms with Crippen LogP contribution in [0.5, 0.6) is 11.5 Å². The highest BCUT2D eigenvalue weighted by Crippen LogP contribution is 2.32. The van der Waals surface area contributed by atoms with Crippen LogP contribution in [-0.2, 0) is 6.54 Å². The normalized spacial score (nSPS) is 11.9. The van der Waals surface area contributed by atoms with E-state index >= 15 is 0 Å². The molecule has 0 bridgehead atoms. The number of carbonyl (C=O) groups is 1. The van der Waals surface area contributed by atoms with Gasteiger partial charge in [0.25, 0.3) is 5.91 Å². The summed E-state index contributed by atoms with van der Waals surface area (Å²) < 4.78 is 26.3. The molecule has 2 aromatic carbocycles. The summed E-state index contributed by atoms with van der Waals surface area (Å²) in [5, 5.41) is 4.09. The van der Waals surface area contributed by atoms with E-state index < -0.39 is 6.04 Å². The molecule has 1 amide bonds. The Kier molecular flexibility index (Phi) is 6.07. The number of nitrogens with zero attached hydrogens (tertiary/aromatic N) is 2. The number of hydrogen-bond acceptors (Lipinski definition) is 4. The Morgan fingerprint density at radius 3 is 2.53 bits per heavy atom. The van der Waals surface area contributed by atoms with Crippen molar-refractivity contribution in [2.75, 3.05) is 14.2 Å². The van der Waals surface area contributed by atoms with Gasteiger partial charge in [0.05, 0.1) is 32.0 Å². The van der Waals surface area contributed by atoms with Crippen LogP contribution in [0.1, 0.15) is 34.5 Å². The lowest BCUT2D eigenvalue weighted by atomic mass is 9.98. The van der Waals surface area contributed by atoms with Crippen molar-refractivity contribution < 1.29 is 18.7 Å². The highest BCUT2D eigenvalue weighted by atomic mass is 19.1. The molecule has 4 aromatic rings. The van der Waals surface area contributed by atoms with Gasteiger partial charge in [0.15, 0.2) is 11.5 Å². The Labute approximate surface area is 185 Å². The van der Waals surface area contributed by atoms with Gasteiger partial charge in [-0.1, -0.05) is 12.1 Å². The average molecular weight is 433 g/mol. The van der Waals surface area contributed by atoms with Crippen LogP contribution < -0.4 is 14.8 Å². The number of hydrogen-bond donors (Lipinski definition) is 1. The zero-order valence-corrected chi connectivity index (χ0v) is 18.1. The molecule has 164 valence electrons. The molecule has 0 aliphatic heterocycles. The van der Waals surface area contributed by atoms with Gasteiger partial charge in [-0.25, -0.2) is 4.39 Å². The molecule has 1 N–H and O–H groups in total. The summed E-state index contributed by atoms with van der Waals surface area (Å²) >= 11 is 0. The summed E-state index contributed by atoms with van der Waals surface area (Å²) in [6.45, 7) is 2.80. The van der Waals surface area contributed by atoms with E-state index in [0.717, 1.165) is 28.6 Å². The third-order valence-electron chi connectivity index (χ3n) is 5.49. The number of ether oxygens (including phenoxy) is 2. The number of nitrogens with one attached hydrogen (secondary N) is 1. The van der Waals surface area contributed by atoms with Gasteiger partial charge in [-0.15, -0.1) is 0 Å². The second kappa shape index (κ2) is 9.09. The van der Waals surface area contributed by atoms with Crippen LogP contribution in [0.15, 0.2) is 67.1 Å². The largest absolute Gasteiger partial charge is 0.493 e. The minimum Gasteiger partial charge on any atom is -0.493 e. The van der Waals surface area contributed by atoms with Crippen molar-refractivity contribution in [3.8, 4) is 11.5 Å². The first-order chi connectivity index (χ1) is 15.5. The third kappa shape index (κ3) is 4.01. The molecule has 0 spiro atoms. The topological polar surface area (TPSA) is 65.4 Å². The molecule has 1 atom stereocenters. The van der Waals surface area contributed by atoms with Crippen LogP contribution in [-0.4, -0.2) is 29.7 Å². The zero-order chi connectivity index (χ0) is 22.7. The lowest BCUT2D eigenvalue weighted by Gasteiger charge is -2.20. The van der Waals surface area contributed by atoms with Gasteiger partial charge in [0.1, 0.15) is 5.82 Å². The fourth-order valence-corrected chi connectivity index (χ4v) is 3.85. The number of amides is 1. The summed E-state index contributed by atoms with van der Waals surface area (Å²) in [4.78, 5) is 17.5. The third-order valence-corrected chi connectivity index (χ3v) is 5.49. The van der Waals surface area contributed by atoms with E-state index in [1.807, 2.05) is 19.2 Å². The molecule has 32 heavy (non-hydrogen) atoms. The Bertz CT molecular complexity index is 1250. The van der Waals surface area contributed by atoms with Crippen molar-refractivity contribution in [1.82, 2.24) is 14.9 Å². The first-order valence-electron chi connectivity index (χ1n) is 10.3. The lowest BCUT2D eigenvalue weighted by Crippen LogP contribution is -2.29. The van der Waals surface area contributed by atoms with Gasteiger partial charge in [-0.2, -0.15) is 0 Å². The number of fused-ring (bicyclic) bond motifs is 1. The highest BCUT2D eigenvalue weighted by Gasteiger charge is 2.23. The first-order valence-corrected chi connectivity index (χ1v) is 10.3. The molecule has 0 saturated carbocycles. The Morgan fingerprint density at radius 2 is 1.84 bits per heavy atom. The lowest BCUT2D eigenvalue weighted by molar-refractivity contribution is 0.0942. The van der Waals surface area contributed by atoms with E-state index in [0.29, 0.717) is 17.1 Å². The molecule has 4 rings (SSSR count). The number of aromatic nitrogens is 2. The van der Waals surface area contributed by atoms with Crippen molar-refractivity contribution >= 4 is 16.8 Å². The Morgan fingerprint density at radius 1 is 1.09 bits per heavy atom. The summed E-state index contributed by atoms with van der Waals surface area (Å²) in [7, 11) is 3.06. The van der Waals surface area contributed by atoms with Crippen LogP contribution in [0.25, 0.3) is 10.9 Å². The molecule has 0 fully saturated rings. The first kappa shape index (κ1) is 21.4. The number of halogens is 1. The van der Waals surface area contributed by atoms with Crippen molar-refractivity contribution in [1.29, 1.82) is 0 Å². The Balaban J connectivity index is 1.78. The standard InChI is InChI=1S/C25H24FN3O3/c1-4-29-15-20(19-11-12-27-14-21(19)29)24(16-5-8-18(26)9-6-16)28-25(30)17-7-10-22(31-2)23(13-17)32-3/h5-15,24H,4H2,1-3H3,(H,28,30)/t24-/m1/s1. The monoisotopic (exact) mass is 433 g/mol. The summed E-state index contributed by atoms with van der Waals surface area (Å²) in [6, 6.07) is 12.6. The van der Waals surface area contributed by atoms with Gasteiger partial charge < -0.3 is 19.4 Å². The number of rotatable bonds is 7. The molecule has 0 aliphatic rings. The van der Waals surface area contributed by atoms with Crippen molar-refractivity contribution in [3.63, 3.8) is 0 Å². The van der Waals surface area contributed by atoms with Crippen LogP contribution in [0.3, 0.4) is 0 Å². The molecule has 6 nitrogen and oxygen atoms in total. The quantitative estimate of drug-likeness (QED) is 0.458. The van der Waals surface area contributed by atoms with Crippen LogP contribution >= 0.6 is 0 Å². The smallest absolute Gasteiger partial charge is 0.252 e.